The number of aryl methyl sites for hydroxylation is 1. The van der Waals surface area contributed by atoms with Crippen LogP contribution in [0.25, 0.3) is 0 Å². The summed E-state index contributed by atoms with van der Waals surface area (Å²) < 4.78 is 47.8. The summed E-state index contributed by atoms with van der Waals surface area (Å²) in [6, 6.07) is 7.84. The highest BCUT2D eigenvalue weighted by Crippen LogP contribution is 2.32. The van der Waals surface area contributed by atoms with Gasteiger partial charge in [0.15, 0.2) is 5.13 Å². The van der Waals surface area contributed by atoms with Gasteiger partial charge in [-0.15, -0.1) is 11.3 Å². The molecule has 0 amide bonds. The van der Waals surface area contributed by atoms with Crippen molar-refractivity contribution in [1.82, 2.24) is 4.98 Å². The fraction of sp³-hybridized carbons (Fsp3) is 0.318. The molecule has 11 heteroatoms. The highest BCUT2D eigenvalue weighted by atomic mass is 35.5. The number of nitrogens with two attached hydrogens (primary N) is 2. The lowest BCUT2D eigenvalue weighted by atomic mass is 9.90. The molecule has 0 radical (unpaired) electrons. The van der Waals surface area contributed by atoms with E-state index in [2.05, 4.69) is 15.8 Å². The Balaban J connectivity index is 1.77. The summed E-state index contributed by atoms with van der Waals surface area (Å²) in [5.41, 5.74) is 15.3. The Morgan fingerprint density at radius 2 is 2.03 bits per heavy atom. The number of benzene rings is 2. The molecule has 2 aromatic carbocycles. The van der Waals surface area contributed by atoms with Crippen LogP contribution in [0.1, 0.15) is 23.6 Å². The molecular weight excluding hydrogens is 487 g/mol. The Morgan fingerprint density at radius 1 is 1.27 bits per heavy atom. The third kappa shape index (κ3) is 6.42. The van der Waals surface area contributed by atoms with Gasteiger partial charge in [0.2, 0.25) is 0 Å². The molecule has 3 aromatic rings. The van der Waals surface area contributed by atoms with Crippen LogP contribution in [0.5, 0.6) is 5.75 Å². The van der Waals surface area contributed by atoms with Gasteiger partial charge < -0.3 is 16.2 Å². The average Bonchev–Trinajstić information content (AvgIpc) is 3.25. The van der Waals surface area contributed by atoms with Crippen LogP contribution in [0.4, 0.5) is 9.52 Å². The Hall–Kier alpha value is -2.24. The maximum Gasteiger partial charge on any atom is 0.266 e. The Labute approximate surface area is 202 Å². The van der Waals surface area contributed by atoms with E-state index >= 15 is 0 Å². The first-order chi connectivity index (χ1) is 15.6. The van der Waals surface area contributed by atoms with E-state index in [0.717, 1.165) is 40.2 Å². The minimum atomic E-state index is -4.20. The van der Waals surface area contributed by atoms with Crippen molar-refractivity contribution in [2.24, 2.45) is 17.4 Å². The van der Waals surface area contributed by atoms with Crippen molar-refractivity contribution in [2.75, 3.05) is 11.3 Å². The number of hydrogen-bond donors (Lipinski definition) is 3. The second kappa shape index (κ2) is 10.8. The number of rotatable bonds is 10. The van der Waals surface area contributed by atoms with Crippen LogP contribution in [-0.2, 0) is 23.0 Å². The first-order valence-electron chi connectivity index (χ1n) is 10.2. The molecule has 0 aliphatic carbocycles. The summed E-state index contributed by atoms with van der Waals surface area (Å²) in [6.45, 7) is 4.44. The average molecular weight is 513 g/mol. The molecule has 0 unspecified atom stereocenters. The van der Waals surface area contributed by atoms with Gasteiger partial charge >= 0.3 is 0 Å². The number of halogens is 2. The van der Waals surface area contributed by atoms with Gasteiger partial charge in [0.25, 0.3) is 10.0 Å². The number of aromatic nitrogens is 1. The quantitative estimate of drug-likeness (QED) is 0.376. The Kier molecular flexibility index (Phi) is 8.30. The van der Waals surface area contributed by atoms with E-state index < -0.39 is 20.7 Å². The minimum Gasteiger partial charge on any atom is -0.492 e. The van der Waals surface area contributed by atoms with Crippen LogP contribution in [0.3, 0.4) is 0 Å². The van der Waals surface area contributed by atoms with Gasteiger partial charge in [0.1, 0.15) is 16.5 Å². The predicted octanol–water partition coefficient (Wildman–Crippen LogP) is 4.09. The van der Waals surface area contributed by atoms with E-state index in [0.29, 0.717) is 13.0 Å². The van der Waals surface area contributed by atoms with Gasteiger partial charge in [0.05, 0.1) is 11.6 Å². The zero-order chi connectivity index (χ0) is 24.2. The lowest BCUT2D eigenvalue weighted by molar-refractivity contribution is 0.228. The van der Waals surface area contributed by atoms with Crippen molar-refractivity contribution < 1.29 is 17.5 Å². The first-order valence-corrected chi connectivity index (χ1v) is 12.9. The highest BCUT2D eigenvalue weighted by molar-refractivity contribution is 7.93. The molecule has 2 atom stereocenters. The van der Waals surface area contributed by atoms with Crippen LogP contribution in [0.2, 0.25) is 5.02 Å². The molecule has 0 aliphatic rings. The summed E-state index contributed by atoms with van der Waals surface area (Å²) in [5.74, 6) is -1.05. The molecule has 178 valence electrons. The van der Waals surface area contributed by atoms with Crippen molar-refractivity contribution in [1.29, 1.82) is 0 Å². The smallest absolute Gasteiger partial charge is 0.266 e. The summed E-state index contributed by atoms with van der Waals surface area (Å²) >= 11 is 7.31. The largest absolute Gasteiger partial charge is 0.492 e. The van der Waals surface area contributed by atoms with Crippen molar-refractivity contribution in [3.8, 4) is 5.75 Å². The zero-order valence-corrected chi connectivity index (χ0v) is 20.6. The lowest BCUT2D eigenvalue weighted by Gasteiger charge is -2.23. The number of hydrogen-bond acceptors (Lipinski definition) is 7. The molecule has 3 rings (SSSR count). The normalized spacial score (nSPS) is 13.5. The molecule has 0 saturated heterocycles. The van der Waals surface area contributed by atoms with Crippen LogP contribution in [0, 0.1) is 18.7 Å². The Morgan fingerprint density at radius 3 is 2.67 bits per heavy atom. The number of nitrogens with zero attached hydrogens (tertiary/aromatic N) is 1. The second-order valence-corrected chi connectivity index (χ2v) is 10.7. The molecule has 0 saturated carbocycles. The van der Waals surface area contributed by atoms with E-state index in [1.54, 1.807) is 5.38 Å². The number of ether oxygens (including phenoxy) is 1. The van der Waals surface area contributed by atoms with E-state index in [1.807, 2.05) is 26.0 Å². The summed E-state index contributed by atoms with van der Waals surface area (Å²) in [7, 11) is -4.20. The second-order valence-electron chi connectivity index (χ2n) is 7.77. The maximum absolute atomic E-state index is 14.7. The van der Waals surface area contributed by atoms with Crippen LogP contribution < -0.4 is 20.9 Å². The fourth-order valence-corrected chi connectivity index (χ4v) is 5.45. The van der Waals surface area contributed by atoms with Gasteiger partial charge in [-0.25, -0.2) is 17.8 Å². The molecule has 33 heavy (non-hydrogen) atoms. The maximum atomic E-state index is 14.7. The Bertz CT molecular complexity index is 1200. The zero-order valence-electron chi connectivity index (χ0n) is 18.2. The topological polar surface area (TPSA) is 120 Å². The summed E-state index contributed by atoms with van der Waals surface area (Å²) in [4.78, 5) is 3.25. The predicted molar refractivity (Wildman–Crippen MR) is 130 cm³/mol. The number of anilines is 1. The number of thiazole rings is 1. The summed E-state index contributed by atoms with van der Waals surface area (Å²) in [5, 5.41) is 1.69. The molecule has 5 N–H and O–H groups in total. The van der Waals surface area contributed by atoms with Gasteiger partial charge in [-0.1, -0.05) is 35.4 Å². The molecule has 7 nitrogen and oxygen atoms in total. The fourth-order valence-electron chi connectivity index (χ4n) is 3.29. The first kappa shape index (κ1) is 25.4. The van der Waals surface area contributed by atoms with Crippen LogP contribution in [0.15, 0.2) is 46.8 Å². The standard InChI is InChI=1S/C22H26ClFN4O3S2/c1-13-3-4-15(11-25)16(7-13)8-17(14(2)26)12-31-20-10-19(24)21(9-18(20)23)33(29,30)28-22-27-5-6-32-22/h3-7,9-10,14,17H,8,11-12,25-26H2,1-2H3,(H,27,28)/t14-,17+/m1/s1. The molecule has 0 bridgehead atoms. The minimum absolute atomic E-state index is 0.0301. The molecule has 1 aromatic heterocycles. The van der Waals surface area contributed by atoms with Gasteiger partial charge in [-0.05, 0) is 37.5 Å². The van der Waals surface area contributed by atoms with Crippen LogP contribution in [-0.4, -0.2) is 26.1 Å². The van der Waals surface area contributed by atoms with Crippen molar-refractivity contribution >= 4 is 38.1 Å². The molecule has 0 aliphatic heterocycles. The molecule has 0 spiro atoms. The third-order valence-electron chi connectivity index (χ3n) is 5.19. The molecule has 0 fully saturated rings. The number of nitrogens with one attached hydrogen (secondary N) is 1. The number of sulfonamides is 1. The van der Waals surface area contributed by atoms with Crippen LogP contribution >= 0.6 is 22.9 Å². The van der Waals surface area contributed by atoms with Gasteiger partial charge in [-0.3, -0.25) is 4.72 Å². The highest BCUT2D eigenvalue weighted by Gasteiger charge is 2.24. The molecule has 1 heterocycles. The third-order valence-corrected chi connectivity index (χ3v) is 7.66. The van der Waals surface area contributed by atoms with E-state index in [4.69, 9.17) is 27.8 Å². The summed E-state index contributed by atoms with van der Waals surface area (Å²) in [6.07, 6.45) is 2.06. The van der Waals surface area contributed by atoms with E-state index in [1.165, 1.54) is 6.20 Å². The molecular formula is C22H26ClFN4O3S2. The van der Waals surface area contributed by atoms with Crippen molar-refractivity contribution in [2.45, 2.75) is 37.8 Å². The van der Waals surface area contributed by atoms with Gasteiger partial charge in [-0.2, -0.15) is 0 Å². The van der Waals surface area contributed by atoms with Crippen molar-refractivity contribution in [3.63, 3.8) is 0 Å². The van der Waals surface area contributed by atoms with E-state index in [9.17, 15) is 12.8 Å². The van der Waals surface area contributed by atoms with Crippen molar-refractivity contribution in [3.05, 3.63) is 69.4 Å². The monoisotopic (exact) mass is 512 g/mol. The van der Waals surface area contributed by atoms with Gasteiger partial charge in [0, 0.05) is 36.1 Å². The lowest BCUT2D eigenvalue weighted by Crippen LogP contribution is -2.33. The van der Waals surface area contributed by atoms with E-state index in [-0.39, 0.29) is 34.5 Å². The SMILES string of the molecule is Cc1ccc(CN)c(C[C@@H](COc2cc(F)c(S(=O)(=O)Nc3nccs3)cc2Cl)[C@@H](C)N)c1.